The molecule has 11 heteroatoms. The molecule has 3 fully saturated rings. The number of rotatable bonds is 6. The number of benzene rings is 1. The zero-order valence-corrected chi connectivity index (χ0v) is 19.2. The van der Waals surface area contributed by atoms with Crippen molar-refractivity contribution in [2.45, 2.75) is 41.6 Å². The molecule has 0 bridgehead atoms. The molecule has 32 heavy (non-hydrogen) atoms. The lowest BCUT2D eigenvalue weighted by Gasteiger charge is -2.62. The van der Waals surface area contributed by atoms with Gasteiger partial charge in [-0.2, -0.15) is 12.7 Å². The van der Waals surface area contributed by atoms with Crippen LogP contribution in [0.5, 0.6) is 0 Å². The molecule has 0 atom stereocenters. The molecule has 1 spiro atoms. The van der Waals surface area contributed by atoms with Gasteiger partial charge in [-0.25, -0.2) is 18.1 Å². The molecule has 3 aliphatic rings. The Morgan fingerprint density at radius 2 is 1.75 bits per heavy atom. The molecular weight excluding hydrogens is 452 g/mol. The van der Waals surface area contributed by atoms with Crippen LogP contribution in [-0.4, -0.2) is 57.2 Å². The predicted molar refractivity (Wildman–Crippen MR) is 117 cm³/mol. The highest BCUT2D eigenvalue weighted by Crippen LogP contribution is 2.44. The molecule has 2 saturated heterocycles. The number of sulfonamides is 2. The van der Waals surface area contributed by atoms with Gasteiger partial charge in [0.25, 0.3) is 10.0 Å². The minimum absolute atomic E-state index is 0.213. The van der Waals surface area contributed by atoms with Crippen LogP contribution in [0.25, 0.3) is 0 Å². The van der Waals surface area contributed by atoms with Crippen LogP contribution in [0.1, 0.15) is 24.8 Å². The number of anilines is 1. The number of carbonyl (C=O) groups is 1. The van der Waals surface area contributed by atoms with Crippen molar-refractivity contribution in [2.75, 3.05) is 24.5 Å². The van der Waals surface area contributed by atoms with Gasteiger partial charge in [0.2, 0.25) is 15.9 Å². The summed E-state index contributed by atoms with van der Waals surface area (Å²) in [4.78, 5) is 18.4. The first-order valence-electron chi connectivity index (χ1n) is 10.5. The maximum atomic E-state index is 12.9. The Balaban J connectivity index is 1.32. The van der Waals surface area contributed by atoms with Gasteiger partial charge < -0.3 is 4.90 Å². The third-order valence-corrected chi connectivity index (χ3v) is 9.47. The van der Waals surface area contributed by atoms with Gasteiger partial charge in [-0.3, -0.25) is 4.79 Å². The summed E-state index contributed by atoms with van der Waals surface area (Å²) in [5.41, 5.74) is 0.605. The summed E-state index contributed by atoms with van der Waals surface area (Å²) in [6.07, 6.45) is 2.20. The third-order valence-electron chi connectivity index (χ3n) is 6.42. The summed E-state index contributed by atoms with van der Waals surface area (Å²) in [5.74, 6) is -0.262. The average molecular weight is 477 g/mol. The van der Waals surface area contributed by atoms with Crippen molar-refractivity contribution in [1.29, 1.82) is 0 Å². The number of hydrogen-bond acceptors (Lipinski definition) is 7. The lowest BCUT2D eigenvalue weighted by Crippen LogP contribution is -2.77. The second-order valence-corrected chi connectivity index (χ2v) is 12.4. The van der Waals surface area contributed by atoms with Gasteiger partial charge in [0, 0.05) is 25.6 Å². The highest BCUT2D eigenvalue weighted by Gasteiger charge is 2.57. The lowest BCUT2D eigenvalue weighted by atomic mass is 9.79. The number of pyridine rings is 1. The van der Waals surface area contributed by atoms with E-state index in [0.717, 1.165) is 12.0 Å². The fourth-order valence-electron chi connectivity index (χ4n) is 4.18. The SMILES string of the molecule is Cc1ccc(S(=O)(=O)N2CC3(CCN3c3cccc(S(=O)(=O)NC(=O)C4CC4)n3)C2)cc1. The predicted octanol–water partition coefficient (Wildman–Crippen LogP) is 1.26. The fourth-order valence-corrected chi connectivity index (χ4v) is 6.79. The summed E-state index contributed by atoms with van der Waals surface area (Å²) in [5, 5.41) is -0.213. The van der Waals surface area contributed by atoms with Crippen LogP contribution in [-0.2, 0) is 24.8 Å². The van der Waals surface area contributed by atoms with Gasteiger partial charge in [-0.1, -0.05) is 23.8 Å². The zero-order chi connectivity index (χ0) is 22.7. The highest BCUT2D eigenvalue weighted by molar-refractivity contribution is 7.90. The minimum Gasteiger partial charge on any atom is -0.348 e. The molecular formula is C21H24N4O5S2. The molecule has 0 unspecified atom stereocenters. The molecule has 3 heterocycles. The smallest absolute Gasteiger partial charge is 0.281 e. The minimum atomic E-state index is -4.05. The number of aryl methyl sites for hydroxylation is 1. The molecule has 170 valence electrons. The number of amides is 1. The first-order valence-corrected chi connectivity index (χ1v) is 13.4. The Labute approximate surface area is 187 Å². The molecule has 2 aliphatic heterocycles. The molecule has 1 saturated carbocycles. The van der Waals surface area contributed by atoms with Crippen molar-refractivity contribution in [3.63, 3.8) is 0 Å². The zero-order valence-electron chi connectivity index (χ0n) is 17.6. The molecule has 0 radical (unpaired) electrons. The van der Waals surface area contributed by atoms with Gasteiger partial charge in [-0.15, -0.1) is 0 Å². The van der Waals surface area contributed by atoms with Crippen molar-refractivity contribution < 1.29 is 21.6 Å². The summed E-state index contributed by atoms with van der Waals surface area (Å²) in [6, 6.07) is 11.4. The van der Waals surface area contributed by atoms with E-state index in [1.807, 2.05) is 11.8 Å². The van der Waals surface area contributed by atoms with Gasteiger partial charge in [0.1, 0.15) is 5.82 Å². The second-order valence-electron chi connectivity index (χ2n) is 8.79. The van der Waals surface area contributed by atoms with E-state index < -0.39 is 26.0 Å². The summed E-state index contributed by atoms with van der Waals surface area (Å²) < 4.78 is 54.5. The van der Waals surface area contributed by atoms with Crippen molar-refractivity contribution in [1.82, 2.24) is 14.0 Å². The van der Waals surface area contributed by atoms with Crippen LogP contribution in [0.15, 0.2) is 52.4 Å². The Bertz CT molecular complexity index is 1280. The summed E-state index contributed by atoms with van der Waals surface area (Å²) in [6.45, 7) is 3.20. The monoisotopic (exact) mass is 476 g/mol. The van der Waals surface area contributed by atoms with Gasteiger partial charge in [0.05, 0.1) is 10.4 Å². The topological polar surface area (TPSA) is 117 Å². The average Bonchev–Trinajstić information content (AvgIpc) is 3.52. The van der Waals surface area contributed by atoms with E-state index in [1.54, 1.807) is 36.4 Å². The van der Waals surface area contributed by atoms with Crippen LogP contribution in [0.4, 0.5) is 5.82 Å². The molecule has 1 amide bonds. The Morgan fingerprint density at radius 3 is 2.34 bits per heavy atom. The Hall–Kier alpha value is -2.50. The molecule has 2 aromatic rings. The largest absolute Gasteiger partial charge is 0.348 e. The van der Waals surface area contributed by atoms with Crippen LogP contribution in [0.3, 0.4) is 0 Å². The first-order chi connectivity index (χ1) is 15.1. The molecule has 1 aliphatic carbocycles. The lowest BCUT2D eigenvalue weighted by molar-refractivity contribution is -0.120. The Morgan fingerprint density at radius 1 is 1.06 bits per heavy atom. The second kappa shape index (κ2) is 7.26. The van der Waals surface area contributed by atoms with Crippen LogP contribution >= 0.6 is 0 Å². The van der Waals surface area contributed by atoms with Gasteiger partial charge in [0.15, 0.2) is 5.03 Å². The van der Waals surface area contributed by atoms with E-state index in [0.29, 0.717) is 38.3 Å². The van der Waals surface area contributed by atoms with Gasteiger partial charge in [-0.05, 0) is 50.5 Å². The summed E-state index contributed by atoms with van der Waals surface area (Å²) in [7, 11) is -7.62. The Kier molecular flexibility index (Phi) is 4.84. The van der Waals surface area contributed by atoms with E-state index in [1.165, 1.54) is 10.4 Å². The number of hydrogen-bond donors (Lipinski definition) is 1. The van der Waals surface area contributed by atoms with E-state index in [2.05, 4.69) is 9.71 Å². The molecule has 1 aromatic carbocycles. The standard InChI is InChI=1S/C21H24N4O5S2/c1-15-5-9-17(10-6-15)32(29,30)24-13-21(14-24)11-12-25(21)18-3-2-4-19(22-18)31(27,28)23-20(26)16-7-8-16/h2-6,9-10,16H,7-8,11-14H2,1H3,(H,23,26). The summed E-state index contributed by atoms with van der Waals surface area (Å²) >= 11 is 0. The molecule has 5 rings (SSSR count). The maximum absolute atomic E-state index is 12.9. The fraction of sp³-hybridized carbons (Fsp3) is 0.429. The van der Waals surface area contributed by atoms with E-state index in [-0.39, 0.29) is 21.4 Å². The maximum Gasteiger partial charge on any atom is 0.281 e. The van der Waals surface area contributed by atoms with E-state index >= 15 is 0 Å². The number of carbonyl (C=O) groups excluding carboxylic acids is 1. The van der Waals surface area contributed by atoms with Crippen molar-refractivity contribution in [3.05, 3.63) is 48.0 Å². The third kappa shape index (κ3) is 3.57. The number of nitrogens with one attached hydrogen (secondary N) is 1. The molecule has 1 aromatic heterocycles. The normalized spacial score (nSPS) is 20.5. The quantitative estimate of drug-likeness (QED) is 0.667. The van der Waals surface area contributed by atoms with Crippen LogP contribution in [0, 0.1) is 12.8 Å². The number of nitrogens with zero attached hydrogens (tertiary/aromatic N) is 3. The molecule has 1 N–H and O–H groups in total. The first kappa shape index (κ1) is 21.4. The van der Waals surface area contributed by atoms with Crippen molar-refractivity contribution in [3.8, 4) is 0 Å². The number of aromatic nitrogens is 1. The van der Waals surface area contributed by atoms with E-state index in [4.69, 9.17) is 0 Å². The van der Waals surface area contributed by atoms with Crippen LogP contribution < -0.4 is 9.62 Å². The van der Waals surface area contributed by atoms with Gasteiger partial charge >= 0.3 is 0 Å². The van der Waals surface area contributed by atoms with Crippen molar-refractivity contribution >= 4 is 31.8 Å². The van der Waals surface area contributed by atoms with Crippen molar-refractivity contribution in [2.24, 2.45) is 5.92 Å². The van der Waals surface area contributed by atoms with Crippen LogP contribution in [0.2, 0.25) is 0 Å². The highest BCUT2D eigenvalue weighted by atomic mass is 32.2. The molecule has 9 nitrogen and oxygen atoms in total. The van der Waals surface area contributed by atoms with E-state index in [9.17, 15) is 21.6 Å².